The lowest BCUT2D eigenvalue weighted by Crippen LogP contribution is -2.49. The minimum atomic E-state index is -2.33. The maximum atomic E-state index is 12.2. The molecule has 4 aliphatic rings. The van der Waals surface area contributed by atoms with Gasteiger partial charge in [0.05, 0.1) is 19.4 Å². The average molecular weight is 316 g/mol. The zero-order chi connectivity index (χ0) is 20.7. The number of hydrogen-bond donors (Lipinski definition) is 1. The fourth-order valence-corrected chi connectivity index (χ4v) is 5.54. The number of fused-ring (bicyclic) bond motifs is 4. The second-order valence-corrected chi connectivity index (χ2v) is 7.59. The molecule has 0 amide bonds. The van der Waals surface area contributed by atoms with Crippen LogP contribution in [0.15, 0.2) is 22.8 Å². The highest BCUT2D eigenvalue weighted by atomic mass is 16.3. The summed E-state index contributed by atoms with van der Waals surface area (Å²) in [4.78, 5) is 12.2. The van der Waals surface area contributed by atoms with Gasteiger partial charge in [-0.1, -0.05) is 12.5 Å². The second kappa shape index (κ2) is 5.05. The molecule has 0 aliphatic heterocycles. The van der Waals surface area contributed by atoms with Gasteiger partial charge >= 0.3 is 0 Å². The molecule has 3 nitrogen and oxygen atoms in total. The van der Waals surface area contributed by atoms with E-state index < -0.39 is 29.5 Å². The SMILES string of the molecule is [2H]C1=C2CC[C@H]3C(=C2CC([2H])([2H])C1=O)CC[C@]1(C)[C@@H]3CC[C@]1(O)C([2H])([2H])C#N. The Hall–Kier alpha value is -1.40. The Balaban J connectivity index is 1.79. The molecule has 0 radical (unpaired) electrons. The van der Waals surface area contributed by atoms with E-state index in [0.717, 1.165) is 17.6 Å². The lowest BCUT2D eigenvalue weighted by molar-refractivity contribution is -0.114. The van der Waals surface area contributed by atoms with E-state index in [9.17, 15) is 15.2 Å². The summed E-state index contributed by atoms with van der Waals surface area (Å²) >= 11 is 0. The van der Waals surface area contributed by atoms with Crippen molar-refractivity contribution in [2.24, 2.45) is 17.3 Å². The van der Waals surface area contributed by atoms with Gasteiger partial charge in [-0.3, -0.25) is 4.79 Å². The van der Waals surface area contributed by atoms with Crippen molar-refractivity contribution in [1.82, 2.24) is 0 Å². The van der Waals surface area contributed by atoms with E-state index in [1.54, 1.807) is 6.07 Å². The molecule has 122 valence electrons. The number of carbonyl (C=O) groups is 1. The van der Waals surface area contributed by atoms with Crippen molar-refractivity contribution in [1.29, 1.82) is 5.26 Å². The molecule has 2 saturated carbocycles. The third-order valence-electron chi connectivity index (χ3n) is 6.84. The Bertz CT molecular complexity index is 870. The van der Waals surface area contributed by atoms with E-state index in [0.29, 0.717) is 31.3 Å². The Kier molecular flexibility index (Phi) is 2.30. The number of ketones is 1. The zero-order valence-corrected chi connectivity index (χ0v) is 13.4. The summed E-state index contributed by atoms with van der Waals surface area (Å²) in [6.45, 7) is 1.90. The average Bonchev–Trinajstić information content (AvgIpc) is 2.92. The molecule has 0 spiro atoms. The summed E-state index contributed by atoms with van der Waals surface area (Å²) in [5.41, 5.74) is 0.146. The van der Waals surface area contributed by atoms with Crippen LogP contribution in [-0.4, -0.2) is 16.5 Å². The molecule has 23 heavy (non-hydrogen) atoms. The molecule has 1 N–H and O–H groups in total. The monoisotopic (exact) mass is 316 g/mol. The van der Waals surface area contributed by atoms with Gasteiger partial charge in [-0.25, -0.2) is 0 Å². The highest BCUT2D eigenvalue weighted by molar-refractivity contribution is 5.93. The topological polar surface area (TPSA) is 61.1 Å². The van der Waals surface area contributed by atoms with Crippen LogP contribution in [0.5, 0.6) is 0 Å². The van der Waals surface area contributed by atoms with E-state index in [2.05, 4.69) is 0 Å². The number of carbonyl (C=O) groups excluding carboxylic acids is 1. The summed E-state index contributed by atoms with van der Waals surface area (Å²) in [7, 11) is 0. The van der Waals surface area contributed by atoms with Crippen LogP contribution in [-0.2, 0) is 4.79 Å². The molecule has 0 bridgehead atoms. The second-order valence-electron chi connectivity index (χ2n) is 7.59. The molecular weight excluding hydrogens is 286 g/mol. The molecule has 0 heterocycles. The Morgan fingerprint density at radius 2 is 2.30 bits per heavy atom. The van der Waals surface area contributed by atoms with Gasteiger partial charge in [0.15, 0.2) is 5.78 Å². The molecular formula is C20H25NO2. The molecule has 2 fully saturated rings. The standard InChI is InChI=1S/C20H25NO2/c1-19-8-6-16-15-5-3-14(22)12-13(15)2-4-17(16)18(19)7-9-20(19,23)10-11-21/h12,17-18,23H,2-10H2,1H3/t17-,18+,19+,20-/m0/s1/i3D2,10D2,12D. The van der Waals surface area contributed by atoms with Crippen molar-refractivity contribution >= 4 is 5.78 Å². The molecule has 4 atom stereocenters. The van der Waals surface area contributed by atoms with Gasteiger partial charge in [-0.2, -0.15) is 5.26 Å². The highest BCUT2D eigenvalue weighted by Crippen LogP contribution is 2.64. The normalized spacial score (nSPS) is 48.9. The first-order chi connectivity index (χ1) is 12.9. The van der Waals surface area contributed by atoms with E-state index in [1.165, 1.54) is 0 Å². The van der Waals surface area contributed by atoms with Crippen LogP contribution < -0.4 is 0 Å². The number of nitriles is 1. The number of allylic oxidation sites excluding steroid dienone is 4. The van der Waals surface area contributed by atoms with E-state index >= 15 is 0 Å². The van der Waals surface area contributed by atoms with Crippen molar-refractivity contribution in [2.45, 2.75) is 70.2 Å². The number of hydrogen-bond acceptors (Lipinski definition) is 3. The molecule has 0 aromatic rings. The molecule has 3 heteroatoms. The van der Waals surface area contributed by atoms with Gasteiger partial charge in [0.2, 0.25) is 0 Å². The molecule has 0 aromatic carbocycles. The number of rotatable bonds is 1. The van der Waals surface area contributed by atoms with Crippen LogP contribution in [0.3, 0.4) is 0 Å². The molecule has 4 rings (SSSR count). The zero-order valence-electron chi connectivity index (χ0n) is 18.4. The first-order valence-corrected chi connectivity index (χ1v) is 8.50. The first kappa shape index (κ1) is 10.5. The van der Waals surface area contributed by atoms with Gasteiger partial charge < -0.3 is 5.11 Å². The van der Waals surface area contributed by atoms with Gasteiger partial charge in [0.25, 0.3) is 0 Å². The number of aliphatic hydroxyl groups is 1. The van der Waals surface area contributed by atoms with Gasteiger partial charge in [-0.15, -0.1) is 0 Å². The predicted octanol–water partition coefficient (Wildman–Crippen LogP) is 3.84. The Labute approximate surface area is 145 Å². The van der Waals surface area contributed by atoms with Crippen LogP contribution in [0.25, 0.3) is 0 Å². The lowest BCUT2D eigenvalue weighted by atomic mass is 9.54. The summed E-state index contributed by atoms with van der Waals surface area (Å²) in [5.74, 6) is -0.641. The van der Waals surface area contributed by atoms with Crippen LogP contribution in [0.4, 0.5) is 0 Å². The van der Waals surface area contributed by atoms with Crippen molar-refractivity contribution in [3.8, 4) is 6.07 Å². The van der Waals surface area contributed by atoms with Crippen molar-refractivity contribution in [2.75, 3.05) is 0 Å². The van der Waals surface area contributed by atoms with Gasteiger partial charge in [0.1, 0.15) is 0 Å². The lowest BCUT2D eigenvalue weighted by Gasteiger charge is -2.51. The van der Waals surface area contributed by atoms with E-state index in [-0.39, 0.29) is 30.7 Å². The first-order valence-electron chi connectivity index (χ1n) is 11.0. The van der Waals surface area contributed by atoms with Crippen molar-refractivity contribution in [3.63, 3.8) is 0 Å². The molecule has 0 aromatic heterocycles. The van der Waals surface area contributed by atoms with Crippen molar-refractivity contribution in [3.05, 3.63) is 22.8 Å². The summed E-state index contributed by atoms with van der Waals surface area (Å²) in [6, 6.07) is 1.47. The van der Waals surface area contributed by atoms with Crippen molar-refractivity contribution < 1.29 is 16.8 Å². The summed E-state index contributed by atoms with van der Waals surface area (Å²) in [5, 5.41) is 20.6. The Morgan fingerprint density at radius 1 is 1.48 bits per heavy atom. The smallest absolute Gasteiger partial charge is 0.156 e. The largest absolute Gasteiger partial charge is 0.388 e. The maximum absolute atomic E-state index is 12.2. The predicted molar refractivity (Wildman–Crippen MR) is 87.3 cm³/mol. The third-order valence-corrected chi connectivity index (χ3v) is 6.84. The molecule has 0 saturated heterocycles. The molecule has 0 unspecified atom stereocenters. The minimum absolute atomic E-state index is 0.00209. The van der Waals surface area contributed by atoms with Gasteiger partial charge in [0, 0.05) is 17.3 Å². The van der Waals surface area contributed by atoms with Crippen LogP contribution >= 0.6 is 0 Å². The minimum Gasteiger partial charge on any atom is -0.388 e. The van der Waals surface area contributed by atoms with Crippen LogP contribution in [0, 0.1) is 28.6 Å². The molecule has 4 aliphatic carbocycles. The summed E-state index contributed by atoms with van der Waals surface area (Å²) in [6.07, 6.45) is -1.17. The maximum Gasteiger partial charge on any atom is 0.156 e. The van der Waals surface area contributed by atoms with Crippen LogP contribution in [0.2, 0.25) is 0 Å². The quantitative estimate of drug-likeness (QED) is 0.799. The Morgan fingerprint density at radius 3 is 3.09 bits per heavy atom. The third kappa shape index (κ3) is 2.01. The number of nitrogens with zero attached hydrogens (tertiary/aromatic N) is 1. The fraction of sp³-hybridized carbons (Fsp3) is 0.700. The highest BCUT2D eigenvalue weighted by Gasteiger charge is 2.60. The van der Waals surface area contributed by atoms with Crippen LogP contribution in [0.1, 0.15) is 71.5 Å². The van der Waals surface area contributed by atoms with E-state index in [1.807, 2.05) is 6.92 Å². The summed E-state index contributed by atoms with van der Waals surface area (Å²) < 4.78 is 40.5. The fourth-order valence-electron chi connectivity index (χ4n) is 5.54. The van der Waals surface area contributed by atoms with Gasteiger partial charge in [-0.05, 0) is 74.0 Å². The van der Waals surface area contributed by atoms with E-state index in [4.69, 9.17) is 6.85 Å².